The van der Waals surface area contributed by atoms with Gasteiger partial charge in [0.15, 0.2) is 0 Å². The Hall–Kier alpha value is -0.360. The van der Waals surface area contributed by atoms with Gasteiger partial charge in [-0.25, -0.2) is 0 Å². The van der Waals surface area contributed by atoms with Crippen LogP contribution in [0.25, 0.3) is 0 Å². The molecular weight excluding hydrogens is 312 g/mol. The fraction of sp³-hybridized carbons (Fsp3) is 1.00. The molecule has 0 aromatic carbocycles. The van der Waals surface area contributed by atoms with E-state index in [9.17, 15) is 40.9 Å². The Bertz CT molecular complexity index is 377. The van der Waals surface area contributed by atoms with Crippen LogP contribution in [0.4, 0.5) is 0 Å². The molecule has 8 N–H and O–H groups in total. The van der Waals surface area contributed by atoms with E-state index < -0.39 is 73.9 Å². The predicted molar refractivity (Wildman–Crippen MR) is 75.1 cm³/mol. The number of aliphatic hydroxyl groups is 8. The van der Waals surface area contributed by atoms with E-state index in [1.54, 1.807) is 0 Å². The first-order valence-electron chi connectivity index (χ1n) is 7.77. The molecule has 9 heteroatoms. The van der Waals surface area contributed by atoms with Gasteiger partial charge in [0.1, 0.15) is 24.4 Å². The van der Waals surface area contributed by atoms with E-state index in [0.717, 1.165) is 0 Å². The van der Waals surface area contributed by atoms with Crippen molar-refractivity contribution in [3.8, 4) is 0 Å². The first-order chi connectivity index (χ1) is 10.8. The SMILES string of the molecule is OC[C@H]1C[C@H](O[C@@H]2[C@@H](CO)C[C@@H](O)[C@H](O)[C@H]2O)[C@H](O)[C@@H](O)[C@@H]1O. The monoisotopic (exact) mass is 338 g/mol. The van der Waals surface area contributed by atoms with E-state index in [1.807, 2.05) is 0 Å². The van der Waals surface area contributed by atoms with E-state index in [1.165, 1.54) is 0 Å². The van der Waals surface area contributed by atoms with E-state index in [0.29, 0.717) is 0 Å². The lowest BCUT2D eigenvalue weighted by Crippen LogP contribution is -2.60. The average molecular weight is 338 g/mol. The molecule has 0 amide bonds. The normalized spacial score (nSPS) is 51.7. The maximum Gasteiger partial charge on any atom is 0.109 e. The molecule has 136 valence electrons. The number of rotatable bonds is 4. The summed E-state index contributed by atoms with van der Waals surface area (Å²) in [6.07, 6.45) is -10.4. The summed E-state index contributed by atoms with van der Waals surface area (Å²) in [4.78, 5) is 0. The van der Waals surface area contributed by atoms with Crippen LogP contribution in [0.5, 0.6) is 0 Å². The minimum absolute atomic E-state index is 0.0107. The number of hydrogen-bond acceptors (Lipinski definition) is 9. The molecule has 0 bridgehead atoms. The number of hydrogen-bond donors (Lipinski definition) is 8. The largest absolute Gasteiger partial charge is 0.396 e. The van der Waals surface area contributed by atoms with E-state index in [-0.39, 0.29) is 12.8 Å². The van der Waals surface area contributed by atoms with Crippen LogP contribution in [0.3, 0.4) is 0 Å². The Labute approximate surface area is 133 Å². The van der Waals surface area contributed by atoms with Gasteiger partial charge in [-0.2, -0.15) is 0 Å². The van der Waals surface area contributed by atoms with Crippen LogP contribution in [-0.4, -0.2) is 103 Å². The van der Waals surface area contributed by atoms with Crippen molar-refractivity contribution < 1.29 is 45.6 Å². The van der Waals surface area contributed by atoms with Gasteiger partial charge in [-0.1, -0.05) is 0 Å². The fourth-order valence-electron chi connectivity index (χ4n) is 3.45. The fourth-order valence-corrected chi connectivity index (χ4v) is 3.45. The van der Waals surface area contributed by atoms with E-state index in [4.69, 9.17) is 4.74 Å². The van der Waals surface area contributed by atoms with Crippen molar-refractivity contribution in [2.24, 2.45) is 11.8 Å². The molecule has 2 rings (SSSR count). The van der Waals surface area contributed by atoms with Crippen LogP contribution in [0.1, 0.15) is 12.8 Å². The Morgan fingerprint density at radius 1 is 0.652 bits per heavy atom. The smallest absolute Gasteiger partial charge is 0.109 e. The highest BCUT2D eigenvalue weighted by Gasteiger charge is 2.48. The van der Waals surface area contributed by atoms with Gasteiger partial charge < -0.3 is 45.6 Å². The lowest BCUT2D eigenvalue weighted by molar-refractivity contribution is -0.237. The lowest BCUT2D eigenvalue weighted by atomic mass is 9.79. The molecule has 23 heavy (non-hydrogen) atoms. The van der Waals surface area contributed by atoms with Crippen molar-refractivity contribution in [3.05, 3.63) is 0 Å². The molecule has 0 aliphatic heterocycles. The summed E-state index contributed by atoms with van der Waals surface area (Å²) in [5.41, 5.74) is 0. The van der Waals surface area contributed by atoms with Gasteiger partial charge in [-0.3, -0.25) is 0 Å². The summed E-state index contributed by atoms with van der Waals surface area (Å²) < 4.78 is 5.62. The molecule has 0 aromatic heterocycles. The number of aliphatic hydroxyl groups excluding tert-OH is 8. The Balaban J connectivity index is 2.11. The predicted octanol–water partition coefficient (Wildman–Crippen LogP) is -4.07. The van der Waals surface area contributed by atoms with Crippen LogP contribution in [0.15, 0.2) is 0 Å². The van der Waals surface area contributed by atoms with Crippen LogP contribution >= 0.6 is 0 Å². The minimum Gasteiger partial charge on any atom is -0.396 e. The van der Waals surface area contributed by atoms with Gasteiger partial charge in [0, 0.05) is 25.0 Å². The molecule has 9 nitrogen and oxygen atoms in total. The molecule has 2 aliphatic rings. The van der Waals surface area contributed by atoms with Crippen molar-refractivity contribution in [1.29, 1.82) is 0 Å². The van der Waals surface area contributed by atoms with Gasteiger partial charge >= 0.3 is 0 Å². The molecule has 10 atom stereocenters. The van der Waals surface area contributed by atoms with Crippen LogP contribution in [0, 0.1) is 11.8 Å². The maximum atomic E-state index is 10.1. The Morgan fingerprint density at radius 2 is 1.26 bits per heavy atom. The second-order valence-corrected chi connectivity index (χ2v) is 6.52. The molecule has 0 aromatic rings. The molecule has 0 radical (unpaired) electrons. The van der Waals surface area contributed by atoms with E-state index in [2.05, 4.69) is 0 Å². The molecule has 0 heterocycles. The standard InChI is InChI=1S/C14H26O9/c15-3-5-2-8(11(20)12(21)9(5)18)23-14-6(4-16)1-7(17)10(19)13(14)22/h5-22H,1-4H2/t5-,6-,7-,8+,9-,10+,11+,12+,13-,14-/m1/s1. The first-order valence-corrected chi connectivity index (χ1v) is 7.77. The molecule has 2 fully saturated rings. The van der Waals surface area contributed by atoms with Gasteiger partial charge in [0.2, 0.25) is 0 Å². The topological polar surface area (TPSA) is 171 Å². The molecule has 2 saturated carbocycles. The Morgan fingerprint density at radius 3 is 1.83 bits per heavy atom. The van der Waals surface area contributed by atoms with Gasteiger partial charge in [0.25, 0.3) is 0 Å². The summed E-state index contributed by atoms with van der Waals surface area (Å²) in [6.45, 7) is -0.814. The van der Waals surface area contributed by atoms with Gasteiger partial charge in [-0.05, 0) is 12.8 Å². The van der Waals surface area contributed by atoms with Gasteiger partial charge in [-0.15, -0.1) is 0 Å². The average Bonchev–Trinajstić information content (AvgIpc) is 2.55. The van der Waals surface area contributed by atoms with Crippen molar-refractivity contribution in [2.75, 3.05) is 13.2 Å². The highest BCUT2D eigenvalue weighted by atomic mass is 16.5. The summed E-state index contributed by atoms with van der Waals surface area (Å²) >= 11 is 0. The highest BCUT2D eigenvalue weighted by Crippen LogP contribution is 2.33. The Kier molecular flexibility index (Phi) is 6.34. The lowest BCUT2D eigenvalue weighted by Gasteiger charge is -2.45. The summed E-state index contributed by atoms with van der Waals surface area (Å²) in [6, 6.07) is 0. The zero-order chi connectivity index (χ0) is 17.3. The second-order valence-electron chi connectivity index (χ2n) is 6.52. The molecule has 0 spiro atoms. The quantitative estimate of drug-likeness (QED) is 0.254. The summed E-state index contributed by atoms with van der Waals surface area (Å²) in [5.74, 6) is -1.37. The molecule has 0 unspecified atom stereocenters. The zero-order valence-electron chi connectivity index (χ0n) is 12.6. The van der Waals surface area contributed by atoms with Crippen LogP contribution < -0.4 is 0 Å². The third-order valence-electron chi connectivity index (χ3n) is 4.99. The molecular formula is C14H26O9. The van der Waals surface area contributed by atoms with Crippen molar-refractivity contribution in [3.63, 3.8) is 0 Å². The van der Waals surface area contributed by atoms with Crippen molar-refractivity contribution in [1.82, 2.24) is 0 Å². The summed E-state index contributed by atoms with van der Waals surface area (Å²) in [5, 5.41) is 77.8. The van der Waals surface area contributed by atoms with Gasteiger partial charge in [0.05, 0.1) is 24.4 Å². The van der Waals surface area contributed by atoms with Crippen molar-refractivity contribution in [2.45, 2.75) is 61.7 Å². The minimum atomic E-state index is -1.52. The first kappa shape index (κ1) is 19.0. The third-order valence-corrected chi connectivity index (χ3v) is 4.99. The second kappa shape index (κ2) is 7.68. The summed E-state index contributed by atoms with van der Waals surface area (Å²) in [7, 11) is 0. The molecule has 2 aliphatic carbocycles. The maximum absolute atomic E-state index is 10.1. The zero-order valence-corrected chi connectivity index (χ0v) is 12.6. The van der Waals surface area contributed by atoms with Crippen LogP contribution in [-0.2, 0) is 4.74 Å². The van der Waals surface area contributed by atoms with Crippen LogP contribution in [0.2, 0.25) is 0 Å². The molecule has 0 saturated heterocycles. The third kappa shape index (κ3) is 3.68. The number of ether oxygens (including phenoxy) is 1. The van der Waals surface area contributed by atoms with E-state index >= 15 is 0 Å². The van der Waals surface area contributed by atoms with Crippen molar-refractivity contribution >= 4 is 0 Å². The highest BCUT2D eigenvalue weighted by molar-refractivity contribution is 4.97.